The lowest BCUT2D eigenvalue weighted by Crippen LogP contribution is -2.04. The molecule has 0 unspecified atom stereocenters. The summed E-state index contributed by atoms with van der Waals surface area (Å²) in [6.45, 7) is 0.639. The third-order valence-corrected chi connectivity index (χ3v) is 4.51. The lowest BCUT2D eigenvalue weighted by atomic mass is 10.0. The number of hydrogen-bond acceptors (Lipinski definition) is 2. The number of hydrogen-bond donors (Lipinski definition) is 0. The van der Waals surface area contributed by atoms with E-state index in [-0.39, 0.29) is 6.61 Å². The first-order valence-corrected chi connectivity index (χ1v) is 8.82. The lowest BCUT2D eigenvalue weighted by molar-refractivity contribution is -0.137. The monoisotopic (exact) mass is 382 g/mol. The van der Waals surface area contributed by atoms with Crippen LogP contribution in [0.3, 0.4) is 0 Å². The van der Waals surface area contributed by atoms with Crippen molar-refractivity contribution in [1.82, 2.24) is 0 Å². The van der Waals surface area contributed by atoms with Gasteiger partial charge in [-0.25, -0.2) is 0 Å². The van der Waals surface area contributed by atoms with E-state index in [9.17, 15) is 13.2 Å². The predicted octanol–water partition coefficient (Wildman–Crippen LogP) is 6.84. The molecule has 142 valence electrons. The topological polar surface area (TPSA) is 22.4 Å². The summed E-state index contributed by atoms with van der Waals surface area (Å²) in [6, 6.07) is 22.3. The fourth-order valence-electron chi connectivity index (χ4n) is 3.16. The second-order valence-electron chi connectivity index (χ2n) is 6.46. The van der Waals surface area contributed by atoms with E-state index >= 15 is 0 Å². The van der Waals surface area contributed by atoms with Gasteiger partial charge in [0.25, 0.3) is 0 Å². The van der Waals surface area contributed by atoms with Gasteiger partial charge in [-0.15, -0.1) is 0 Å². The number of benzene rings is 3. The Hall–Kier alpha value is -3.05. The van der Waals surface area contributed by atoms with Crippen LogP contribution in [0.1, 0.15) is 16.7 Å². The van der Waals surface area contributed by atoms with Crippen LogP contribution in [0.25, 0.3) is 22.3 Å². The van der Waals surface area contributed by atoms with Crippen molar-refractivity contribution in [3.8, 4) is 11.3 Å². The molecule has 0 fully saturated rings. The third kappa shape index (κ3) is 3.80. The van der Waals surface area contributed by atoms with Gasteiger partial charge in [0, 0.05) is 16.5 Å². The number of rotatable bonds is 5. The van der Waals surface area contributed by atoms with Crippen LogP contribution in [0, 0.1) is 0 Å². The van der Waals surface area contributed by atoms with E-state index in [1.54, 1.807) is 12.1 Å². The zero-order valence-corrected chi connectivity index (χ0v) is 14.9. The third-order valence-electron chi connectivity index (χ3n) is 4.51. The summed E-state index contributed by atoms with van der Waals surface area (Å²) in [5.41, 5.74) is 2.06. The Morgan fingerprint density at radius 2 is 1.54 bits per heavy atom. The molecule has 0 amide bonds. The predicted molar refractivity (Wildman–Crippen MR) is 102 cm³/mol. The van der Waals surface area contributed by atoms with Crippen molar-refractivity contribution < 1.29 is 22.3 Å². The molecular weight excluding hydrogens is 365 g/mol. The summed E-state index contributed by atoms with van der Waals surface area (Å²) in [5.74, 6) is 0.403. The molecule has 2 nitrogen and oxygen atoms in total. The molecule has 0 bridgehead atoms. The Bertz CT molecular complexity index is 1080. The second kappa shape index (κ2) is 7.52. The molecular formula is C23H17F3O2. The molecule has 28 heavy (non-hydrogen) atoms. The summed E-state index contributed by atoms with van der Waals surface area (Å²) >= 11 is 0. The van der Waals surface area contributed by atoms with E-state index in [0.717, 1.165) is 28.6 Å². The van der Waals surface area contributed by atoms with Crippen LogP contribution in [-0.4, -0.2) is 0 Å². The SMILES string of the molecule is FC(F)(F)c1cccc(-c2oc3ccccc3c2COCc2ccccc2)c1. The molecule has 0 radical (unpaired) electrons. The van der Waals surface area contributed by atoms with Crippen LogP contribution >= 0.6 is 0 Å². The van der Waals surface area contributed by atoms with Gasteiger partial charge in [-0.1, -0.05) is 60.7 Å². The minimum atomic E-state index is -4.41. The molecule has 0 saturated heterocycles. The zero-order chi connectivity index (χ0) is 19.6. The van der Waals surface area contributed by atoms with Crippen LogP contribution in [0.5, 0.6) is 0 Å². The molecule has 0 spiro atoms. The number of fused-ring (bicyclic) bond motifs is 1. The molecule has 0 aliphatic heterocycles. The molecule has 0 saturated carbocycles. The molecule has 5 heteroatoms. The van der Waals surface area contributed by atoms with E-state index in [4.69, 9.17) is 9.15 Å². The van der Waals surface area contributed by atoms with Gasteiger partial charge in [0.15, 0.2) is 0 Å². The van der Waals surface area contributed by atoms with Gasteiger partial charge < -0.3 is 9.15 Å². The fourth-order valence-corrected chi connectivity index (χ4v) is 3.16. The Morgan fingerprint density at radius 1 is 0.786 bits per heavy atom. The van der Waals surface area contributed by atoms with Gasteiger partial charge in [0.1, 0.15) is 11.3 Å². The highest BCUT2D eigenvalue weighted by Crippen LogP contribution is 2.37. The first kappa shape index (κ1) is 18.3. The highest BCUT2D eigenvalue weighted by atomic mass is 19.4. The second-order valence-corrected chi connectivity index (χ2v) is 6.46. The summed E-state index contributed by atoms with van der Waals surface area (Å²) in [5, 5.41) is 0.836. The summed E-state index contributed by atoms with van der Waals surface area (Å²) in [6.07, 6.45) is -4.41. The van der Waals surface area contributed by atoms with Crippen LogP contribution in [0.15, 0.2) is 83.3 Å². The number of halogens is 3. The maximum absolute atomic E-state index is 13.1. The van der Waals surface area contributed by atoms with Gasteiger partial charge in [-0.05, 0) is 23.8 Å². The van der Waals surface area contributed by atoms with Crippen molar-refractivity contribution in [2.75, 3.05) is 0 Å². The van der Waals surface area contributed by atoms with Crippen molar-refractivity contribution in [2.24, 2.45) is 0 Å². The minimum absolute atomic E-state index is 0.234. The van der Waals surface area contributed by atoms with Crippen LogP contribution in [-0.2, 0) is 24.1 Å². The lowest BCUT2D eigenvalue weighted by Gasteiger charge is -2.09. The van der Waals surface area contributed by atoms with E-state index in [1.165, 1.54) is 6.07 Å². The largest absolute Gasteiger partial charge is 0.456 e. The summed E-state index contributed by atoms with van der Waals surface area (Å²) < 4.78 is 51.1. The fraction of sp³-hybridized carbons (Fsp3) is 0.130. The molecule has 1 aromatic heterocycles. The Morgan fingerprint density at radius 3 is 2.32 bits per heavy atom. The quantitative estimate of drug-likeness (QED) is 0.377. The average molecular weight is 382 g/mol. The van der Waals surface area contributed by atoms with Crippen LogP contribution in [0.2, 0.25) is 0 Å². The van der Waals surface area contributed by atoms with Crippen LogP contribution in [0.4, 0.5) is 13.2 Å². The van der Waals surface area contributed by atoms with Crippen LogP contribution < -0.4 is 0 Å². The van der Waals surface area contributed by atoms with Gasteiger partial charge >= 0.3 is 6.18 Å². The maximum Gasteiger partial charge on any atom is 0.416 e. The smallest absolute Gasteiger partial charge is 0.416 e. The Balaban J connectivity index is 1.69. The molecule has 4 aromatic rings. The molecule has 0 N–H and O–H groups in total. The van der Waals surface area contributed by atoms with Gasteiger partial charge in [0.2, 0.25) is 0 Å². The van der Waals surface area contributed by atoms with Gasteiger partial charge in [0.05, 0.1) is 18.8 Å². The van der Waals surface area contributed by atoms with E-state index in [2.05, 4.69) is 0 Å². The first-order chi connectivity index (χ1) is 13.5. The maximum atomic E-state index is 13.1. The average Bonchev–Trinajstić information content (AvgIpc) is 3.07. The standard InChI is InChI=1S/C23H17F3O2/c24-23(25,26)18-10-6-9-17(13-18)22-20(19-11-4-5-12-21(19)28-22)15-27-14-16-7-2-1-3-8-16/h1-13H,14-15H2. The molecule has 0 atom stereocenters. The number of para-hydroxylation sites is 1. The molecule has 0 aliphatic carbocycles. The number of ether oxygens (including phenoxy) is 1. The Labute approximate surface area is 160 Å². The number of furan rings is 1. The zero-order valence-electron chi connectivity index (χ0n) is 14.9. The molecule has 0 aliphatic rings. The molecule has 4 rings (SSSR count). The normalized spacial score (nSPS) is 11.8. The highest BCUT2D eigenvalue weighted by molar-refractivity contribution is 5.87. The van der Waals surface area contributed by atoms with Crippen molar-refractivity contribution in [3.63, 3.8) is 0 Å². The van der Waals surface area contributed by atoms with Gasteiger partial charge in [-0.3, -0.25) is 0 Å². The van der Waals surface area contributed by atoms with Crippen molar-refractivity contribution in [2.45, 2.75) is 19.4 Å². The van der Waals surface area contributed by atoms with Crippen molar-refractivity contribution in [3.05, 3.63) is 95.6 Å². The highest BCUT2D eigenvalue weighted by Gasteiger charge is 2.31. The van der Waals surface area contributed by atoms with Crippen molar-refractivity contribution in [1.29, 1.82) is 0 Å². The van der Waals surface area contributed by atoms with E-state index in [1.807, 2.05) is 48.5 Å². The van der Waals surface area contributed by atoms with Crippen molar-refractivity contribution >= 4 is 11.0 Å². The van der Waals surface area contributed by atoms with E-state index in [0.29, 0.717) is 23.5 Å². The molecule has 1 heterocycles. The molecule has 3 aromatic carbocycles. The minimum Gasteiger partial charge on any atom is -0.456 e. The Kier molecular flexibility index (Phi) is 4.92. The summed E-state index contributed by atoms with van der Waals surface area (Å²) in [7, 11) is 0. The van der Waals surface area contributed by atoms with E-state index < -0.39 is 11.7 Å². The first-order valence-electron chi connectivity index (χ1n) is 8.82. The van der Waals surface area contributed by atoms with Gasteiger partial charge in [-0.2, -0.15) is 13.2 Å². The summed E-state index contributed by atoms with van der Waals surface area (Å²) in [4.78, 5) is 0. The number of alkyl halides is 3.